The SMILES string of the molecule is CC(C)N1CCN(c2cnnc(Cl)c2)CC1. The molecular weight excluding hydrogens is 224 g/mol. The first-order valence-corrected chi connectivity index (χ1v) is 6.02. The van der Waals surface area contributed by atoms with Crippen LogP contribution in [0.4, 0.5) is 5.69 Å². The second kappa shape index (κ2) is 4.97. The molecule has 2 heterocycles. The van der Waals surface area contributed by atoms with Crippen molar-refractivity contribution in [3.63, 3.8) is 0 Å². The number of rotatable bonds is 2. The molecular formula is C11H17ClN4. The van der Waals surface area contributed by atoms with E-state index in [9.17, 15) is 0 Å². The van der Waals surface area contributed by atoms with Gasteiger partial charge in [-0.2, -0.15) is 5.10 Å². The van der Waals surface area contributed by atoms with E-state index in [1.165, 1.54) is 0 Å². The Morgan fingerprint density at radius 2 is 1.94 bits per heavy atom. The number of piperazine rings is 1. The Kier molecular flexibility index (Phi) is 3.61. The van der Waals surface area contributed by atoms with Gasteiger partial charge < -0.3 is 4.90 Å². The van der Waals surface area contributed by atoms with Crippen LogP contribution < -0.4 is 4.90 Å². The summed E-state index contributed by atoms with van der Waals surface area (Å²) in [5.74, 6) is 0. The second-order valence-corrected chi connectivity index (χ2v) is 4.74. The van der Waals surface area contributed by atoms with Gasteiger partial charge in [0.15, 0.2) is 5.15 Å². The van der Waals surface area contributed by atoms with Gasteiger partial charge in [0.1, 0.15) is 0 Å². The monoisotopic (exact) mass is 240 g/mol. The van der Waals surface area contributed by atoms with E-state index in [4.69, 9.17) is 11.6 Å². The van der Waals surface area contributed by atoms with Gasteiger partial charge in [-0.25, -0.2) is 0 Å². The van der Waals surface area contributed by atoms with E-state index in [-0.39, 0.29) is 0 Å². The van der Waals surface area contributed by atoms with Gasteiger partial charge in [0, 0.05) is 38.3 Å². The fourth-order valence-electron chi connectivity index (χ4n) is 2.00. The summed E-state index contributed by atoms with van der Waals surface area (Å²) >= 11 is 5.83. The Morgan fingerprint density at radius 1 is 1.25 bits per heavy atom. The maximum Gasteiger partial charge on any atom is 0.153 e. The fraction of sp³-hybridized carbons (Fsp3) is 0.636. The third-order valence-corrected chi connectivity index (χ3v) is 3.20. The van der Waals surface area contributed by atoms with Gasteiger partial charge >= 0.3 is 0 Å². The predicted octanol–water partition coefficient (Wildman–Crippen LogP) is 1.66. The van der Waals surface area contributed by atoms with Crippen LogP contribution in [0.1, 0.15) is 13.8 Å². The van der Waals surface area contributed by atoms with Crippen molar-refractivity contribution in [2.45, 2.75) is 19.9 Å². The zero-order valence-corrected chi connectivity index (χ0v) is 10.5. The van der Waals surface area contributed by atoms with Gasteiger partial charge in [-0.1, -0.05) is 11.6 Å². The lowest BCUT2D eigenvalue weighted by Gasteiger charge is -2.37. The quantitative estimate of drug-likeness (QED) is 0.787. The van der Waals surface area contributed by atoms with Crippen LogP contribution in [0.2, 0.25) is 5.15 Å². The molecule has 0 N–H and O–H groups in total. The highest BCUT2D eigenvalue weighted by molar-refractivity contribution is 6.29. The summed E-state index contributed by atoms with van der Waals surface area (Å²) in [5, 5.41) is 8.09. The molecule has 0 radical (unpaired) electrons. The maximum absolute atomic E-state index is 5.83. The molecule has 1 fully saturated rings. The third kappa shape index (κ3) is 2.62. The van der Waals surface area contributed by atoms with Crippen LogP contribution in [0.15, 0.2) is 12.3 Å². The summed E-state index contributed by atoms with van der Waals surface area (Å²) in [6.45, 7) is 8.72. The standard InChI is InChI=1S/C11H17ClN4/c1-9(2)15-3-5-16(6-4-15)10-7-11(12)14-13-8-10/h7-9H,3-6H2,1-2H3. The predicted molar refractivity (Wildman–Crippen MR) is 66.0 cm³/mol. The first-order valence-electron chi connectivity index (χ1n) is 5.64. The molecule has 88 valence electrons. The number of nitrogens with zero attached hydrogens (tertiary/aromatic N) is 4. The van der Waals surface area contributed by atoms with E-state index in [1.807, 2.05) is 6.07 Å². The number of hydrogen-bond donors (Lipinski definition) is 0. The summed E-state index contributed by atoms with van der Waals surface area (Å²) in [6.07, 6.45) is 1.77. The molecule has 0 aromatic carbocycles. The van der Waals surface area contributed by atoms with Gasteiger partial charge in [0.05, 0.1) is 11.9 Å². The first-order chi connectivity index (χ1) is 7.66. The molecule has 0 saturated carbocycles. The highest BCUT2D eigenvalue weighted by atomic mass is 35.5. The van der Waals surface area contributed by atoms with E-state index < -0.39 is 0 Å². The van der Waals surface area contributed by atoms with Gasteiger partial charge in [0.25, 0.3) is 0 Å². The van der Waals surface area contributed by atoms with E-state index in [0.717, 1.165) is 31.9 Å². The lowest BCUT2D eigenvalue weighted by Crippen LogP contribution is -2.48. The lowest BCUT2D eigenvalue weighted by molar-refractivity contribution is 0.209. The highest BCUT2D eigenvalue weighted by Crippen LogP contribution is 2.18. The number of halogens is 1. The van der Waals surface area contributed by atoms with Crippen LogP contribution in [0, 0.1) is 0 Å². The molecule has 16 heavy (non-hydrogen) atoms. The van der Waals surface area contributed by atoms with Crippen LogP contribution in [0.5, 0.6) is 0 Å². The van der Waals surface area contributed by atoms with Gasteiger partial charge in [0.2, 0.25) is 0 Å². The molecule has 1 aliphatic rings. The second-order valence-electron chi connectivity index (χ2n) is 4.35. The van der Waals surface area contributed by atoms with Gasteiger partial charge in [-0.3, -0.25) is 4.90 Å². The molecule has 1 aromatic heterocycles. The smallest absolute Gasteiger partial charge is 0.153 e. The molecule has 0 spiro atoms. The van der Waals surface area contributed by atoms with Crippen LogP contribution in [0.3, 0.4) is 0 Å². The fourth-order valence-corrected chi connectivity index (χ4v) is 2.16. The van der Waals surface area contributed by atoms with E-state index in [0.29, 0.717) is 11.2 Å². The van der Waals surface area contributed by atoms with Crippen LogP contribution in [-0.4, -0.2) is 47.3 Å². The Hall–Kier alpha value is -0.870. The van der Waals surface area contributed by atoms with Gasteiger partial charge in [-0.15, -0.1) is 5.10 Å². The highest BCUT2D eigenvalue weighted by Gasteiger charge is 2.19. The van der Waals surface area contributed by atoms with Crippen LogP contribution >= 0.6 is 11.6 Å². The van der Waals surface area contributed by atoms with Crippen LogP contribution in [0.25, 0.3) is 0 Å². The van der Waals surface area contributed by atoms with Crippen molar-refractivity contribution in [3.05, 3.63) is 17.4 Å². The average Bonchev–Trinajstić information content (AvgIpc) is 2.29. The molecule has 2 rings (SSSR count). The van der Waals surface area contributed by atoms with Crippen molar-refractivity contribution in [2.75, 3.05) is 31.1 Å². The Labute approximate surface area is 101 Å². The Bertz CT molecular complexity index is 348. The molecule has 5 heteroatoms. The molecule has 1 aromatic rings. The van der Waals surface area contributed by atoms with Crippen molar-refractivity contribution in [3.8, 4) is 0 Å². The van der Waals surface area contributed by atoms with Gasteiger partial charge in [-0.05, 0) is 13.8 Å². The topological polar surface area (TPSA) is 32.3 Å². The van der Waals surface area contributed by atoms with Crippen LogP contribution in [-0.2, 0) is 0 Å². The average molecular weight is 241 g/mol. The third-order valence-electron chi connectivity index (χ3n) is 3.02. The zero-order valence-electron chi connectivity index (χ0n) is 9.73. The molecule has 0 unspecified atom stereocenters. The van der Waals surface area contributed by atoms with E-state index >= 15 is 0 Å². The minimum Gasteiger partial charge on any atom is -0.368 e. The number of hydrogen-bond acceptors (Lipinski definition) is 4. The van der Waals surface area contributed by atoms with Crippen molar-refractivity contribution < 1.29 is 0 Å². The number of aromatic nitrogens is 2. The maximum atomic E-state index is 5.83. The molecule has 0 aliphatic carbocycles. The summed E-state index contributed by atoms with van der Waals surface area (Å²) < 4.78 is 0. The number of anilines is 1. The van der Waals surface area contributed by atoms with Crippen molar-refractivity contribution >= 4 is 17.3 Å². The normalized spacial score (nSPS) is 18.1. The van der Waals surface area contributed by atoms with E-state index in [1.54, 1.807) is 6.20 Å². The largest absolute Gasteiger partial charge is 0.368 e. The van der Waals surface area contributed by atoms with Crippen molar-refractivity contribution in [2.24, 2.45) is 0 Å². The van der Waals surface area contributed by atoms with Crippen molar-refractivity contribution in [1.82, 2.24) is 15.1 Å². The Morgan fingerprint density at radius 3 is 2.50 bits per heavy atom. The summed E-state index contributed by atoms with van der Waals surface area (Å²) in [7, 11) is 0. The molecule has 4 nitrogen and oxygen atoms in total. The minimum absolute atomic E-state index is 0.462. The molecule has 0 bridgehead atoms. The van der Waals surface area contributed by atoms with E-state index in [2.05, 4.69) is 33.8 Å². The summed E-state index contributed by atoms with van der Waals surface area (Å²) in [6, 6.07) is 2.50. The summed E-state index contributed by atoms with van der Waals surface area (Å²) in [5.41, 5.74) is 1.07. The minimum atomic E-state index is 0.462. The lowest BCUT2D eigenvalue weighted by atomic mass is 10.2. The first kappa shape index (κ1) is 11.6. The molecule has 1 aliphatic heterocycles. The Balaban J connectivity index is 1.99. The zero-order chi connectivity index (χ0) is 11.5. The summed E-state index contributed by atoms with van der Waals surface area (Å²) in [4.78, 5) is 4.78. The molecule has 0 atom stereocenters. The van der Waals surface area contributed by atoms with Crippen molar-refractivity contribution in [1.29, 1.82) is 0 Å². The molecule has 0 amide bonds. The molecule has 1 saturated heterocycles.